The van der Waals surface area contributed by atoms with Gasteiger partial charge in [0.2, 0.25) is 10.0 Å². The number of aromatic nitrogens is 2. The summed E-state index contributed by atoms with van der Waals surface area (Å²) in [4.78, 5) is 0.435. The molecule has 5 nitrogen and oxygen atoms in total. The van der Waals surface area contributed by atoms with Gasteiger partial charge in [0.25, 0.3) is 0 Å². The van der Waals surface area contributed by atoms with Gasteiger partial charge in [-0.1, -0.05) is 0 Å². The third-order valence-corrected chi connectivity index (χ3v) is 6.84. The van der Waals surface area contributed by atoms with Crippen molar-refractivity contribution < 1.29 is 8.42 Å². The topological polar surface area (TPSA) is 55.2 Å². The Kier molecular flexibility index (Phi) is 4.69. The van der Waals surface area contributed by atoms with Gasteiger partial charge in [-0.3, -0.25) is 4.68 Å². The van der Waals surface area contributed by atoms with Crippen molar-refractivity contribution >= 4 is 10.0 Å². The van der Waals surface area contributed by atoms with Gasteiger partial charge >= 0.3 is 0 Å². The highest BCUT2D eigenvalue weighted by Crippen LogP contribution is 2.31. The van der Waals surface area contributed by atoms with Gasteiger partial charge in [-0.05, 0) is 62.4 Å². The quantitative estimate of drug-likeness (QED) is 0.863. The van der Waals surface area contributed by atoms with Gasteiger partial charge in [0, 0.05) is 32.4 Å². The Morgan fingerprint density at radius 2 is 1.48 bits per heavy atom. The van der Waals surface area contributed by atoms with Gasteiger partial charge in [0.1, 0.15) is 0 Å². The summed E-state index contributed by atoms with van der Waals surface area (Å²) < 4.78 is 29.3. The number of aryl methyl sites for hydroxylation is 1. The van der Waals surface area contributed by atoms with E-state index in [1.54, 1.807) is 17.9 Å². The van der Waals surface area contributed by atoms with E-state index < -0.39 is 10.0 Å². The molecule has 1 heterocycles. The van der Waals surface area contributed by atoms with Crippen LogP contribution in [0.15, 0.2) is 17.3 Å². The molecule has 1 aromatic heterocycles. The van der Waals surface area contributed by atoms with E-state index in [1.165, 1.54) is 4.31 Å². The maximum atomic E-state index is 13.1. The highest BCUT2D eigenvalue weighted by atomic mass is 32.2. The molecule has 0 saturated heterocycles. The molecular weight excluding hydrogens is 310 g/mol. The molecule has 0 N–H and O–H groups in total. The number of hydrogen-bond donors (Lipinski definition) is 0. The minimum atomic E-state index is -3.55. The lowest BCUT2D eigenvalue weighted by Crippen LogP contribution is -2.28. The lowest BCUT2D eigenvalue weighted by atomic mass is 9.95. The molecule has 0 aliphatic heterocycles. The third kappa shape index (κ3) is 3.05. The summed E-state index contributed by atoms with van der Waals surface area (Å²) in [6.07, 6.45) is 3.52. The fourth-order valence-electron chi connectivity index (χ4n) is 2.90. The van der Waals surface area contributed by atoms with Crippen LogP contribution >= 0.6 is 0 Å². The van der Waals surface area contributed by atoms with E-state index >= 15 is 0 Å². The largest absolute Gasteiger partial charge is 0.275 e. The fourth-order valence-corrected chi connectivity index (χ4v) is 4.61. The second-order valence-corrected chi connectivity index (χ2v) is 8.22. The van der Waals surface area contributed by atoms with E-state index in [-0.39, 0.29) is 0 Å². The zero-order valence-corrected chi connectivity index (χ0v) is 15.7. The van der Waals surface area contributed by atoms with Crippen molar-refractivity contribution in [2.45, 2.75) is 46.1 Å². The Morgan fingerprint density at radius 3 is 1.91 bits per heavy atom. The lowest BCUT2D eigenvalue weighted by Gasteiger charge is -2.23. The Bertz CT molecular complexity index is 822. The molecule has 2 rings (SSSR count). The van der Waals surface area contributed by atoms with Crippen LogP contribution in [0.1, 0.15) is 33.4 Å². The smallest absolute Gasteiger partial charge is 0.243 e. The number of hydrogen-bond acceptors (Lipinski definition) is 3. The molecule has 126 valence electrons. The molecule has 0 aliphatic rings. The summed E-state index contributed by atoms with van der Waals surface area (Å²) in [5.41, 5.74) is 5.79. The predicted octanol–water partition coefficient (Wildman–Crippen LogP) is 2.78. The van der Waals surface area contributed by atoms with Crippen molar-refractivity contribution in [1.29, 1.82) is 0 Å². The highest BCUT2D eigenvalue weighted by Gasteiger charge is 2.27. The van der Waals surface area contributed by atoms with Gasteiger partial charge in [-0.25, -0.2) is 8.42 Å². The Morgan fingerprint density at radius 1 is 1.00 bits per heavy atom. The second kappa shape index (κ2) is 6.09. The van der Waals surface area contributed by atoms with Crippen LogP contribution in [0.4, 0.5) is 0 Å². The number of nitrogens with zero attached hydrogens (tertiary/aromatic N) is 3. The normalized spacial score (nSPS) is 12.2. The maximum absolute atomic E-state index is 13.1. The average molecular weight is 335 g/mol. The first-order valence-corrected chi connectivity index (χ1v) is 9.02. The van der Waals surface area contributed by atoms with Crippen LogP contribution < -0.4 is 0 Å². The summed E-state index contributed by atoms with van der Waals surface area (Å²) in [6.45, 7) is 10.1. The van der Waals surface area contributed by atoms with Crippen molar-refractivity contribution in [3.05, 3.63) is 45.8 Å². The standard InChI is InChI=1S/C17H25N3O2S/c1-11-12(2)14(4)17(15(5)13(11)3)23(21,22)20(7)10-16-8-18-19(6)9-16/h8-9H,10H2,1-7H3. The fraction of sp³-hybridized carbons (Fsp3) is 0.471. The van der Waals surface area contributed by atoms with Crippen LogP contribution in [-0.2, 0) is 23.6 Å². The molecule has 0 spiro atoms. The summed E-state index contributed by atoms with van der Waals surface area (Å²) in [5, 5.41) is 4.09. The Hall–Kier alpha value is -1.66. The van der Waals surface area contributed by atoms with E-state index in [0.717, 1.165) is 33.4 Å². The predicted molar refractivity (Wildman–Crippen MR) is 92.0 cm³/mol. The zero-order valence-electron chi connectivity index (χ0n) is 14.9. The van der Waals surface area contributed by atoms with Crippen molar-refractivity contribution in [3.63, 3.8) is 0 Å². The summed E-state index contributed by atoms with van der Waals surface area (Å²) in [5.74, 6) is 0. The minimum Gasteiger partial charge on any atom is -0.275 e. The number of benzene rings is 1. The highest BCUT2D eigenvalue weighted by molar-refractivity contribution is 7.89. The molecule has 6 heteroatoms. The molecule has 0 unspecified atom stereocenters. The van der Waals surface area contributed by atoms with Crippen LogP contribution in [-0.4, -0.2) is 29.6 Å². The van der Waals surface area contributed by atoms with Crippen molar-refractivity contribution in [2.24, 2.45) is 7.05 Å². The summed E-state index contributed by atoms with van der Waals surface area (Å²) in [7, 11) is -0.119. The minimum absolute atomic E-state index is 0.307. The van der Waals surface area contributed by atoms with E-state index in [0.29, 0.717) is 11.4 Å². The molecule has 0 saturated carbocycles. The van der Waals surface area contributed by atoms with E-state index in [4.69, 9.17) is 0 Å². The monoisotopic (exact) mass is 335 g/mol. The van der Waals surface area contributed by atoms with E-state index in [2.05, 4.69) is 5.10 Å². The first-order valence-electron chi connectivity index (χ1n) is 7.58. The molecule has 0 bridgehead atoms. The summed E-state index contributed by atoms with van der Waals surface area (Å²) >= 11 is 0. The molecule has 23 heavy (non-hydrogen) atoms. The molecule has 0 atom stereocenters. The second-order valence-electron chi connectivity index (χ2n) is 6.24. The first-order chi connectivity index (χ1) is 10.6. The van der Waals surface area contributed by atoms with Gasteiger partial charge in [-0.15, -0.1) is 0 Å². The van der Waals surface area contributed by atoms with Gasteiger partial charge in [0.05, 0.1) is 11.1 Å². The molecule has 0 amide bonds. The Balaban J connectivity index is 2.51. The molecule has 0 aliphatic carbocycles. The van der Waals surface area contributed by atoms with Crippen LogP contribution in [0.5, 0.6) is 0 Å². The molecule has 1 aromatic carbocycles. The van der Waals surface area contributed by atoms with Crippen LogP contribution in [0, 0.1) is 34.6 Å². The summed E-state index contributed by atoms with van der Waals surface area (Å²) in [6, 6.07) is 0. The van der Waals surface area contributed by atoms with Crippen molar-refractivity contribution in [2.75, 3.05) is 7.05 Å². The van der Waals surface area contributed by atoms with Crippen molar-refractivity contribution in [3.8, 4) is 0 Å². The zero-order chi connectivity index (χ0) is 17.5. The van der Waals surface area contributed by atoms with E-state index in [9.17, 15) is 8.42 Å². The molecular formula is C17H25N3O2S. The Labute approximate surface area is 139 Å². The third-order valence-electron chi connectivity index (χ3n) is 4.76. The number of sulfonamides is 1. The first kappa shape index (κ1) is 17.7. The van der Waals surface area contributed by atoms with Crippen LogP contribution in [0.2, 0.25) is 0 Å². The number of rotatable bonds is 4. The molecule has 0 fully saturated rings. The lowest BCUT2D eigenvalue weighted by molar-refractivity contribution is 0.465. The average Bonchev–Trinajstić information content (AvgIpc) is 2.88. The SMILES string of the molecule is Cc1c(C)c(C)c(S(=O)(=O)N(C)Cc2cnn(C)c2)c(C)c1C. The van der Waals surface area contributed by atoms with E-state index in [1.807, 2.05) is 47.9 Å². The van der Waals surface area contributed by atoms with Gasteiger partial charge in [-0.2, -0.15) is 9.40 Å². The maximum Gasteiger partial charge on any atom is 0.243 e. The van der Waals surface area contributed by atoms with Crippen LogP contribution in [0.25, 0.3) is 0 Å². The van der Waals surface area contributed by atoms with Crippen LogP contribution in [0.3, 0.4) is 0 Å². The van der Waals surface area contributed by atoms with Gasteiger partial charge < -0.3 is 0 Å². The molecule has 0 radical (unpaired) electrons. The molecule has 2 aromatic rings. The van der Waals surface area contributed by atoms with Gasteiger partial charge in [0.15, 0.2) is 0 Å². The van der Waals surface area contributed by atoms with Crippen molar-refractivity contribution in [1.82, 2.24) is 14.1 Å².